The summed E-state index contributed by atoms with van der Waals surface area (Å²) in [5.41, 5.74) is 2.59. The van der Waals surface area contributed by atoms with Gasteiger partial charge in [0.1, 0.15) is 10.0 Å². The summed E-state index contributed by atoms with van der Waals surface area (Å²) in [6.45, 7) is 6.54. The number of nitrogens with one attached hydrogen (secondary N) is 1. The van der Waals surface area contributed by atoms with Gasteiger partial charge in [-0.15, -0.1) is 10.2 Å². The maximum atomic E-state index is 4.36. The molecule has 0 aliphatic carbocycles. The molecule has 0 saturated heterocycles. The third kappa shape index (κ3) is 4.12. The monoisotopic (exact) mass is 289 g/mol. The summed E-state index contributed by atoms with van der Waals surface area (Å²) >= 11 is 1.73. The molecule has 0 fully saturated rings. The lowest BCUT2D eigenvalue weighted by molar-refractivity contribution is 0.637. The minimum atomic E-state index is 1.02. The molecule has 1 N–H and O–H groups in total. The van der Waals surface area contributed by atoms with Crippen molar-refractivity contribution in [2.75, 3.05) is 13.1 Å². The van der Waals surface area contributed by atoms with E-state index in [0.29, 0.717) is 0 Å². The van der Waals surface area contributed by atoms with Crippen LogP contribution in [0.5, 0.6) is 0 Å². The van der Waals surface area contributed by atoms with Crippen molar-refractivity contribution in [2.24, 2.45) is 0 Å². The molecule has 1 aromatic heterocycles. The molecule has 0 spiro atoms. The fourth-order valence-electron chi connectivity index (χ4n) is 2.17. The molecule has 0 atom stereocenters. The average molecular weight is 289 g/mol. The fourth-order valence-corrected chi connectivity index (χ4v) is 3.11. The number of nitrogens with zero attached hydrogens (tertiary/aromatic N) is 2. The summed E-state index contributed by atoms with van der Waals surface area (Å²) in [6, 6.07) is 8.48. The highest BCUT2D eigenvalue weighted by Gasteiger charge is 2.09. The Morgan fingerprint density at radius 1 is 1.10 bits per heavy atom. The lowest BCUT2D eigenvalue weighted by atomic mass is 10.1. The van der Waals surface area contributed by atoms with Gasteiger partial charge in [-0.3, -0.25) is 0 Å². The number of aromatic nitrogens is 2. The van der Waals surface area contributed by atoms with Crippen LogP contribution in [0.2, 0.25) is 0 Å². The second-order valence-corrected chi connectivity index (χ2v) is 5.93. The average Bonchev–Trinajstić information content (AvgIpc) is 2.95. The van der Waals surface area contributed by atoms with Crippen molar-refractivity contribution in [2.45, 2.75) is 39.5 Å². The first-order chi connectivity index (χ1) is 9.85. The van der Waals surface area contributed by atoms with Gasteiger partial charge >= 0.3 is 0 Å². The van der Waals surface area contributed by atoms with Crippen molar-refractivity contribution in [3.63, 3.8) is 0 Å². The molecular formula is C16H23N3S. The lowest BCUT2D eigenvalue weighted by Gasteiger charge is -2.02. The molecule has 2 aromatic rings. The van der Waals surface area contributed by atoms with Gasteiger partial charge in [0.25, 0.3) is 0 Å². The minimum Gasteiger partial charge on any atom is -0.317 e. The Balaban J connectivity index is 1.95. The molecule has 0 amide bonds. The van der Waals surface area contributed by atoms with Crippen LogP contribution < -0.4 is 5.32 Å². The van der Waals surface area contributed by atoms with E-state index >= 15 is 0 Å². The molecule has 20 heavy (non-hydrogen) atoms. The highest BCUT2D eigenvalue weighted by molar-refractivity contribution is 7.14. The van der Waals surface area contributed by atoms with E-state index in [-0.39, 0.29) is 0 Å². The van der Waals surface area contributed by atoms with Crippen molar-refractivity contribution in [3.05, 3.63) is 34.8 Å². The van der Waals surface area contributed by atoms with E-state index in [1.807, 2.05) is 0 Å². The molecule has 2 rings (SSSR count). The maximum absolute atomic E-state index is 4.36. The molecule has 0 radical (unpaired) electrons. The second-order valence-electron chi connectivity index (χ2n) is 4.87. The first-order valence-corrected chi connectivity index (χ1v) is 8.28. The zero-order valence-electron chi connectivity index (χ0n) is 12.4. The summed E-state index contributed by atoms with van der Waals surface area (Å²) < 4.78 is 0. The van der Waals surface area contributed by atoms with Gasteiger partial charge in [0.15, 0.2) is 0 Å². The molecule has 1 aromatic carbocycles. The van der Waals surface area contributed by atoms with Crippen LogP contribution in [0.15, 0.2) is 24.3 Å². The van der Waals surface area contributed by atoms with E-state index < -0.39 is 0 Å². The van der Waals surface area contributed by atoms with Crippen molar-refractivity contribution in [3.8, 4) is 10.6 Å². The predicted molar refractivity (Wildman–Crippen MR) is 86.2 cm³/mol. The van der Waals surface area contributed by atoms with Crippen LogP contribution in [0, 0.1) is 0 Å². The highest BCUT2D eigenvalue weighted by Crippen LogP contribution is 2.27. The van der Waals surface area contributed by atoms with Gasteiger partial charge in [0, 0.05) is 12.0 Å². The number of rotatable bonds is 8. The smallest absolute Gasteiger partial charge is 0.148 e. The van der Waals surface area contributed by atoms with Crippen molar-refractivity contribution >= 4 is 11.3 Å². The van der Waals surface area contributed by atoms with E-state index in [0.717, 1.165) is 42.4 Å². The largest absolute Gasteiger partial charge is 0.317 e. The molecule has 3 nitrogen and oxygen atoms in total. The molecule has 1 heterocycles. The van der Waals surface area contributed by atoms with Crippen LogP contribution in [0.25, 0.3) is 10.6 Å². The Bertz CT molecular complexity index is 522. The zero-order valence-corrected chi connectivity index (χ0v) is 13.2. The van der Waals surface area contributed by atoms with Gasteiger partial charge in [0.05, 0.1) is 0 Å². The van der Waals surface area contributed by atoms with E-state index in [1.165, 1.54) is 17.5 Å². The summed E-state index contributed by atoms with van der Waals surface area (Å²) in [4.78, 5) is 0. The normalized spacial score (nSPS) is 10.9. The summed E-state index contributed by atoms with van der Waals surface area (Å²) in [5.74, 6) is 0. The van der Waals surface area contributed by atoms with Gasteiger partial charge in [-0.25, -0.2) is 0 Å². The van der Waals surface area contributed by atoms with E-state index in [4.69, 9.17) is 0 Å². The number of benzene rings is 1. The van der Waals surface area contributed by atoms with Crippen molar-refractivity contribution in [1.29, 1.82) is 0 Å². The Labute approximate surface area is 125 Å². The molecular weight excluding hydrogens is 266 g/mol. The quantitative estimate of drug-likeness (QED) is 0.753. The van der Waals surface area contributed by atoms with Crippen LogP contribution in [0.1, 0.15) is 37.3 Å². The van der Waals surface area contributed by atoms with E-state index in [2.05, 4.69) is 53.6 Å². The standard InChI is InChI=1S/C16H23N3S/c1-3-11-17-12-7-10-15-18-19-16(20-15)14-9-6-5-8-13(14)4-2/h5-6,8-9,17H,3-4,7,10-12H2,1-2H3. The third-order valence-electron chi connectivity index (χ3n) is 3.27. The Morgan fingerprint density at radius 2 is 1.95 bits per heavy atom. The molecule has 0 unspecified atom stereocenters. The van der Waals surface area contributed by atoms with Gasteiger partial charge in [-0.1, -0.05) is 49.4 Å². The van der Waals surface area contributed by atoms with E-state index in [9.17, 15) is 0 Å². The van der Waals surface area contributed by atoms with Crippen LogP contribution in [-0.2, 0) is 12.8 Å². The summed E-state index contributed by atoms with van der Waals surface area (Å²) in [7, 11) is 0. The molecule has 4 heteroatoms. The van der Waals surface area contributed by atoms with Crippen molar-refractivity contribution in [1.82, 2.24) is 15.5 Å². The maximum Gasteiger partial charge on any atom is 0.148 e. The van der Waals surface area contributed by atoms with Crippen molar-refractivity contribution < 1.29 is 0 Å². The number of hydrogen-bond donors (Lipinski definition) is 1. The SMILES string of the molecule is CCCNCCCc1nnc(-c2ccccc2CC)s1. The third-order valence-corrected chi connectivity index (χ3v) is 4.28. The first kappa shape index (κ1) is 15.1. The molecule has 0 bridgehead atoms. The zero-order chi connectivity index (χ0) is 14.2. The van der Waals surface area contributed by atoms with Gasteiger partial charge in [0.2, 0.25) is 0 Å². The van der Waals surface area contributed by atoms with Crippen LogP contribution >= 0.6 is 11.3 Å². The van der Waals surface area contributed by atoms with Crippen LogP contribution in [0.3, 0.4) is 0 Å². The molecule has 108 valence electrons. The topological polar surface area (TPSA) is 37.8 Å². The van der Waals surface area contributed by atoms with Crippen LogP contribution in [0.4, 0.5) is 0 Å². The predicted octanol–water partition coefficient (Wildman–Crippen LogP) is 3.70. The Morgan fingerprint density at radius 3 is 2.75 bits per heavy atom. The summed E-state index contributed by atoms with van der Waals surface area (Å²) in [6.07, 6.45) is 4.37. The van der Waals surface area contributed by atoms with Gasteiger partial charge in [-0.05, 0) is 37.9 Å². The van der Waals surface area contributed by atoms with Gasteiger partial charge in [-0.2, -0.15) is 0 Å². The van der Waals surface area contributed by atoms with E-state index in [1.54, 1.807) is 11.3 Å². The number of hydrogen-bond acceptors (Lipinski definition) is 4. The molecule has 0 aliphatic rings. The fraction of sp³-hybridized carbons (Fsp3) is 0.500. The molecule has 0 aliphatic heterocycles. The summed E-state index contributed by atoms with van der Waals surface area (Å²) in [5, 5.41) is 14.3. The second kappa shape index (κ2) is 8.12. The minimum absolute atomic E-state index is 1.02. The first-order valence-electron chi connectivity index (χ1n) is 7.46. The highest BCUT2D eigenvalue weighted by atomic mass is 32.1. The van der Waals surface area contributed by atoms with Crippen LogP contribution in [-0.4, -0.2) is 23.3 Å². The lowest BCUT2D eigenvalue weighted by Crippen LogP contribution is -2.16. The van der Waals surface area contributed by atoms with Gasteiger partial charge < -0.3 is 5.32 Å². The number of aryl methyl sites for hydroxylation is 2. The Hall–Kier alpha value is -1.26. The Kier molecular flexibility index (Phi) is 6.15. The molecule has 0 saturated carbocycles.